The Kier molecular flexibility index (Phi) is 3.08. The van der Waals surface area contributed by atoms with Gasteiger partial charge in [0.1, 0.15) is 0 Å². The topological polar surface area (TPSA) is 0 Å². The first-order chi connectivity index (χ1) is 10.3. The lowest BCUT2D eigenvalue weighted by atomic mass is 9.88. The van der Waals surface area contributed by atoms with Crippen molar-refractivity contribution in [2.75, 3.05) is 0 Å². The molecule has 0 radical (unpaired) electrons. The van der Waals surface area contributed by atoms with E-state index in [9.17, 15) is 0 Å². The fourth-order valence-electron chi connectivity index (χ4n) is 3.30. The van der Waals surface area contributed by atoms with Gasteiger partial charge in [0, 0.05) is 0 Å². The Bertz CT molecular complexity index is 688. The molecule has 0 spiro atoms. The van der Waals surface area contributed by atoms with Crippen molar-refractivity contribution in [2.45, 2.75) is 19.3 Å². The highest BCUT2D eigenvalue weighted by molar-refractivity contribution is 5.53. The van der Waals surface area contributed by atoms with Crippen LogP contribution in [-0.2, 0) is 0 Å². The molecule has 0 aromatic rings. The first-order valence-electron chi connectivity index (χ1n) is 7.59. The van der Waals surface area contributed by atoms with Gasteiger partial charge < -0.3 is 0 Å². The summed E-state index contributed by atoms with van der Waals surface area (Å²) in [6.45, 7) is 0. The van der Waals surface area contributed by atoms with Crippen LogP contribution in [0.1, 0.15) is 19.3 Å². The maximum absolute atomic E-state index is 2.37. The Morgan fingerprint density at radius 2 is 0.857 bits per heavy atom. The van der Waals surface area contributed by atoms with Gasteiger partial charge in [0.2, 0.25) is 0 Å². The zero-order valence-corrected chi connectivity index (χ0v) is 12.0. The lowest BCUT2D eigenvalue weighted by Gasteiger charge is -2.17. The zero-order valence-electron chi connectivity index (χ0n) is 12.0. The third-order valence-electron chi connectivity index (χ3n) is 4.17. The van der Waals surface area contributed by atoms with E-state index in [1.54, 1.807) is 0 Å². The molecule has 0 aromatic heterocycles. The molecular formula is C21H18. The van der Waals surface area contributed by atoms with Gasteiger partial charge in [-0.25, -0.2) is 0 Å². The van der Waals surface area contributed by atoms with Crippen molar-refractivity contribution < 1.29 is 0 Å². The highest BCUT2D eigenvalue weighted by Gasteiger charge is 2.13. The van der Waals surface area contributed by atoms with Crippen LogP contribution < -0.4 is 0 Å². The molecule has 4 aliphatic carbocycles. The van der Waals surface area contributed by atoms with Gasteiger partial charge in [0.15, 0.2) is 0 Å². The second kappa shape index (κ2) is 5.21. The van der Waals surface area contributed by atoms with E-state index in [1.807, 2.05) is 0 Å². The SMILES string of the molecule is C1=CC=C2C=C3C=C4C=CC=CC(=CC(=CC(=C1)C2)C3)C4. The molecule has 0 N–H and O–H groups in total. The highest BCUT2D eigenvalue weighted by Crippen LogP contribution is 2.32. The van der Waals surface area contributed by atoms with E-state index in [2.05, 4.69) is 72.9 Å². The molecule has 21 heavy (non-hydrogen) atoms. The van der Waals surface area contributed by atoms with Gasteiger partial charge in [-0.1, -0.05) is 72.9 Å². The predicted octanol–water partition coefficient (Wildman–Crippen LogP) is 5.44. The van der Waals surface area contributed by atoms with Crippen LogP contribution in [0, 0.1) is 0 Å². The highest BCUT2D eigenvalue weighted by atomic mass is 14.2. The Balaban J connectivity index is 1.90. The minimum atomic E-state index is 1.02. The van der Waals surface area contributed by atoms with Crippen molar-refractivity contribution in [1.82, 2.24) is 0 Å². The molecule has 0 unspecified atom stereocenters. The van der Waals surface area contributed by atoms with E-state index in [1.165, 1.54) is 33.4 Å². The first-order valence-corrected chi connectivity index (χ1v) is 7.59. The number of hydrogen-bond donors (Lipinski definition) is 0. The summed E-state index contributed by atoms with van der Waals surface area (Å²) in [7, 11) is 0. The summed E-state index contributed by atoms with van der Waals surface area (Å²) in [4.78, 5) is 0. The summed E-state index contributed by atoms with van der Waals surface area (Å²) < 4.78 is 0. The average molecular weight is 270 g/mol. The monoisotopic (exact) mass is 270 g/mol. The van der Waals surface area contributed by atoms with Gasteiger partial charge in [-0.3, -0.25) is 0 Å². The molecule has 6 bridgehead atoms. The van der Waals surface area contributed by atoms with Crippen LogP contribution in [0.3, 0.4) is 0 Å². The lowest BCUT2D eigenvalue weighted by molar-refractivity contribution is 1.08. The number of fused-ring (bicyclic) bond motifs is 6. The second-order valence-corrected chi connectivity index (χ2v) is 5.99. The third-order valence-corrected chi connectivity index (χ3v) is 4.17. The number of rotatable bonds is 0. The van der Waals surface area contributed by atoms with E-state index < -0.39 is 0 Å². The molecule has 4 aliphatic rings. The van der Waals surface area contributed by atoms with Crippen molar-refractivity contribution in [3.05, 3.63) is 106 Å². The van der Waals surface area contributed by atoms with E-state index in [0.29, 0.717) is 0 Å². The van der Waals surface area contributed by atoms with Crippen molar-refractivity contribution in [3.8, 4) is 0 Å². The number of allylic oxidation sites excluding steroid dienone is 18. The molecule has 4 rings (SSSR count). The predicted molar refractivity (Wildman–Crippen MR) is 89.8 cm³/mol. The Morgan fingerprint density at radius 3 is 1.43 bits per heavy atom. The van der Waals surface area contributed by atoms with E-state index in [-0.39, 0.29) is 0 Å². The molecule has 0 heterocycles. The van der Waals surface area contributed by atoms with Crippen molar-refractivity contribution >= 4 is 0 Å². The molecule has 102 valence electrons. The summed E-state index contributed by atoms with van der Waals surface area (Å²) in [5, 5.41) is 0. The summed E-state index contributed by atoms with van der Waals surface area (Å²) in [5.41, 5.74) is 8.43. The molecule has 0 nitrogen and oxygen atoms in total. The molecular weight excluding hydrogens is 252 g/mol. The quantitative estimate of drug-likeness (QED) is 0.550. The molecule has 0 amide bonds. The van der Waals surface area contributed by atoms with Gasteiger partial charge in [-0.2, -0.15) is 0 Å². The molecule has 0 saturated carbocycles. The smallest absolute Gasteiger partial charge is 0.00254 e. The standard InChI is InChI=1S/C21H18/c1-2-6-17-9-16(5-1)11-20-13-18-7-3-4-8-19(10-18)14-21(12-17)15-20/h1-8,11-14H,9-10,15H2. The van der Waals surface area contributed by atoms with Crippen LogP contribution >= 0.6 is 0 Å². The first kappa shape index (κ1) is 12.4. The Labute approximate surface area is 126 Å². The van der Waals surface area contributed by atoms with Crippen LogP contribution in [0.2, 0.25) is 0 Å². The minimum absolute atomic E-state index is 1.02. The van der Waals surface area contributed by atoms with Crippen molar-refractivity contribution in [3.63, 3.8) is 0 Å². The molecule has 0 aliphatic heterocycles. The summed E-state index contributed by atoms with van der Waals surface area (Å²) in [6.07, 6.45) is 30.1. The summed E-state index contributed by atoms with van der Waals surface area (Å²) in [5.74, 6) is 0. The minimum Gasteiger partial charge on any atom is -0.0620 e. The zero-order chi connectivity index (χ0) is 14.1. The summed E-state index contributed by atoms with van der Waals surface area (Å²) >= 11 is 0. The van der Waals surface area contributed by atoms with E-state index in [0.717, 1.165) is 19.3 Å². The van der Waals surface area contributed by atoms with E-state index in [4.69, 9.17) is 0 Å². The maximum atomic E-state index is 2.37. The summed E-state index contributed by atoms with van der Waals surface area (Å²) in [6, 6.07) is 0. The van der Waals surface area contributed by atoms with Crippen molar-refractivity contribution in [2.24, 2.45) is 0 Å². The average Bonchev–Trinajstić information content (AvgIpc) is 2.77. The van der Waals surface area contributed by atoms with Crippen molar-refractivity contribution in [1.29, 1.82) is 0 Å². The lowest BCUT2D eigenvalue weighted by Crippen LogP contribution is -1.98. The van der Waals surface area contributed by atoms with Crippen LogP contribution in [0.4, 0.5) is 0 Å². The molecule has 0 fully saturated rings. The fourth-order valence-corrected chi connectivity index (χ4v) is 3.30. The van der Waals surface area contributed by atoms with Crippen LogP contribution in [-0.4, -0.2) is 0 Å². The normalized spacial score (nSPS) is 22.9. The molecule has 0 saturated heterocycles. The van der Waals surface area contributed by atoms with Gasteiger partial charge in [0.25, 0.3) is 0 Å². The second-order valence-electron chi connectivity index (χ2n) is 5.99. The van der Waals surface area contributed by atoms with E-state index >= 15 is 0 Å². The van der Waals surface area contributed by atoms with Gasteiger partial charge in [-0.15, -0.1) is 0 Å². The molecule has 0 heteroatoms. The van der Waals surface area contributed by atoms with Gasteiger partial charge >= 0.3 is 0 Å². The van der Waals surface area contributed by atoms with Crippen LogP contribution in [0.5, 0.6) is 0 Å². The van der Waals surface area contributed by atoms with Crippen LogP contribution in [0.25, 0.3) is 0 Å². The molecule has 0 atom stereocenters. The Hall–Kier alpha value is -2.34. The fraction of sp³-hybridized carbons (Fsp3) is 0.143. The Morgan fingerprint density at radius 1 is 0.429 bits per heavy atom. The number of hydrogen-bond acceptors (Lipinski definition) is 0. The molecule has 0 aromatic carbocycles. The third kappa shape index (κ3) is 2.75. The van der Waals surface area contributed by atoms with Gasteiger partial charge in [0.05, 0.1) is 0 Å². The van der Waals surface area contributed by atoms with Gasteiger partial charge in [-0.05, 0) is 52.7 Å². The van der Waals surface area contributed by atoms with Crippen LogP contribution in [0.15, 0.2) is 106 Å². The maximum Gasteiger partial charge on any atom is -0.00254 e. The largest absolute Gasteiger partial charge is 0.0620 e.